The predicted octanol–water partition coefficient (Wildman–Crippen LogP) is 4.11. The van der Waals surface area contributed by atoms with Crippen molar-refractivity contribution >= 4 is 44.9 Å². The molecule has 8 nitrogen and oxygen atoms in total. The monoisotopic (exact) mass is 502 g/mol. The molecular formula is C24H23ClN2O6S. The van der Waals surface area contributed by atoms with Crippen molar-refractivity contribution in [3.63, 3.8) is 0 Å². The van der Waals surface area contributed by atoms with Gasteiger partial charge in [0.2, 0.25) is 15.9 Å². The van der Waals surface area contributed by atoms with Crippen LogP contribution in [0.3, 0.4) is 0 Å². The van der Waals surface area contributed by atoms with Crippen LogP contribution in [0.2, 0.25) is 5.02 Å². The standard InChI is InChI=1S/C24H23ClN2O6S/c1-32-24(29)21-14-18(8-13-22(21)25)26-23(28)15-27(34(2,30)31)19-9-11-20(12-10-19)33-16-17-6-4-3-5-7-17/h3-14H,15-16H2,1-2H3,(H,26,28). The van der Waals surface area contributed by atoms with Gasteiger partial charge < -0.3 is 14.8 Å². The Hall–Kier alpha value is -3.56. The van der Waals surface area contributed by atoms with E-state index in [0.29, 0.717) is 18.0 Å². The molecule has 0 bridgehead atoms. The maximum absolute atomic E-state index is 12.6. The van der Waals surface area contributed by atoms with Gasteiger partial charge in [0.15, 0.2) is 0 Å². The molecule has 0 aromatic heterocycles. The lowest BCUT2D eigenvalue weighted by molar-refractivity contribution is -0.114. The zero-order valence-corrected chi connectivity index (χ0v) is 20.1. The van der Waals surface area contributed by atoms with Crippen molar-refractivity contribution < 1.29 is 27.5 Å². The van der Waals surface area contributed by atoms with E-state index in [1.165, 1.54) is 25.3 Å². The number of sulfonamides is 1. The van der Waals surface area contributed by atoms with Gasteiger partial charge in [0.1, 0.15) is 18.9 Å². The van der Waals surface area contributed by atoms with Gasteiger partial charge in [-0.3, -0.25) is 9.10 Å². The fraction of sp³-hybridized carbons (Fsp3) is 0.167. The van der Waals surface area contributed by atoms with Crippen molar-refractivity contribution in [3.8, 4) is 5.75 Å². The molecule has 0 fully saturated rings. The first kappa shape index (κ1) is 25.1. The average molecular weight is 503 g/mol. The van der Waals surface area contributed by atoms with E-state index in [2.05, 4.69) is 10.1 Å². The Balaban J connectivity index is 1.70. The number of anilines is 2. The molecule has 0 spiro atoms. The van der Waals surface area contributed by atoms with E-state index in [1.807, 2.05) is 30.3 Å². The van der Waals surface area contributed by atoms with Crippen molar-refractivity contribution in [2.45, 2.75) is 6.61 Å². The zero-order chi connectivity index (χ0) is 24.7. The van der Waals surface area contributed by atoms with Crippen molar-refractivity contribution in [2.75, 3.05) is 29.5 Å². The third kappa shape index (κ3) is 6.72. The summed E-state index contributed by atoms with van der Waals surface area (Å²) in [6, 6.07) is 20.3. The third-order valence-corrected chi connectivity index (χ3v) is 6.19. The maximum atomic E-state index is 12.6. The van der Waals surface area contributed by atoms with Crippen LogP contribution in [0.15, 0.2) is 72.8 Å². The topological polar surface area (TPSA) is 102 Å². The Morgan fingerprint density at radius 3 is 2.29 bits per heavy atom. The Bertz CT molecular complexity index is 1260. The average Bonchev–Trinajstić information content (AvgIpc) is 2.82. The maximum Gasteiger partial charge on any atom is 0.339 e. The normalized spacial score (nSPS) is 10.9. The fourth-order valence-corrected chi connectivity index (χ4v) is 4.10. The van der Waals surface area contributed by atoms with Crippen LogP contribution in [-0.2, 0) is 26.2 Å². The van der Waals surface area contributed by atoms with Gasteiger partial charge in [-0.15, -0.1) is 0 Å². The third-order valence-electron chi connectivity index (χ3n) is 4.72. The van der Waals surface area contributed by atoms with Crippen LogP contribution in [0.4, 0.5) is 11.4 Å². The smallest absolute Gasteiger partial charge is 0.339 e. The minimum absolute atomic E-state index is 0.0769. The summed E-state index contributed by atoms with van der Waals surface area (Å²) in [5, 5.41) is 2.74. The largest absolute Gasteiger partial charge is 0.489 e. The molecule has 10 heteroatoms. The number of amides is 1. The fourth-order valence-electron chi connectivity index (χ4n) is 3.05. The molecular weight excluding hydrogens is 480 g/mol. The lowest BCUT2D eigenvalue weighted by Crippen LogP contribution is -2.37. The number of hydrogen-bond donors (Lipinski definition) is 1. The van der Waals surface area contributed by atoms with Gasteiger partial charge >= 0.3 is 5.97 Å². The molecule has 0 aliphatic rings. The number of halogens is 1. The van der Waals surface area contributed by atoms with Crippen LogP contribution in [0, 0.1) is 0 Å². The molecule has 3 rings (SSSR count). The van der Waals surface area contributed by atoms with E-state index in [0.717, 1.165) is 16.1 Å². The molecule has 1 N–H and O–H groups in total. The Morgan fingerprint density at radius 2 is 1.68 bits per heavy atom. The number of methoxy groups -OCH3 is 1. The molecule has 0 radical (unpaired) electrons. The van der Waals surface area contributed by atoms with Gasteiger partial charge in [0, 0.05) is 5.69 Å². The van der Waals surface area contributed by atoms with E-state index in [9.17, 15) is 18.0 Å². The Kier molecular flexibility index (Phi) is 8.14. The number of carbonyl (C=O) groups is 2. The number of rotatable bonds is 9. The minimum atomic E-state index is -3.77. The van der Waals surface area contributed by atoms with E-state index in [-0.39, 0.29) is 16.3 Å². The Morgan fingerprint density at radius 1 is 1.00 bits per heavy atom. The molecule has 0 saturated heterocycles. The summed E-state index contributed by atoms with van der Waals surface area (Å²) in [5.74, 6) is -0.705. The second kappa shape index (κ2) is 11.0. The number of benzene rings is 3. The van der Waals surface area contributed by atoms with Gasteiger partial charge in [0.25, 0.3) is 0 Å². The molecule has 0 saturated carbocycles. The van der Waals surface area contributed by atoms with Crippen molar-refractivity contribution in [3.05, 3.63) is 88.9 Å². The molecule has 0 unspecified atom stereocenters. The lowest BCUT2D eigenvalue weighted by atomic mass is 10.2. The zero-order valence-electron chi connectivity index (χ0n) is 18.5. The summed E-state index contributed by atoms with van der Waals surface area (Å²) in [7, 11) is -2.56. The van der Waals surface area contributed by atoms with Crippen molar-refractivity contribution in [2.24, 2.45) is 0 Å². The van der Waals surface area contributed by atoms with E-state index in [1.54, 1.807) is 24.3 Å². The van der Waals surface area contributed by atoms with Crippen molar-refractivity contribution in [1.82, 2.24) is 0 Å². The summed E-state index contributed by atoms with van der Waals surface area (Å²) in [5.41, 5.74) is 1.65. The molecule has 0 atom stereocenters. The van der Waals surface area contributed by atoms with Gasteiger partial charge in [0.05, 0.1) is 29.6 Å². The van der Waals surface area contributed by atoms with Crippen LogP contribution < -0.4 is 14.4 Å². The summed E-state index contributed by atoms with van der Waals surface area (Å²) in [4.78, 5) is 24.4. The van der Waals surface area contributed by atoms with Crippen LogP contribution in [-0.4, -0.2) is 40.2 Å². The van der Waals surface area contributed by atoms with Crippen molar-refractivity contribution in [1.29, 1.82) is 0 Å². The van der Waals surface area contributed by atoms with Gasteiger partial charge in [-0.25, -0.2) is 13.2 Å². The quantitative estimate of drug-likeness (QED) is 0.442. The van der Waals surface area contributed by atoms with Gasteiger partial charge in [-0.2, -0.15) is 0 Å². The molecule has 178 valence electrons. The summed E-state index contributed by atoms with van der Waals surface area (Å²) >= 11 is 5.99. The van der Waals surface area contributed by atoms with Gasteiger partial charge in [-0.1, -0.05) is 41.9 Å². The highest BCUT2D eigenvalue weighted by atomic mass is 35.5. The highest BCUT2D eigenvalue weighted by Crippen LogP contribution is 2.24. The summed E-state index contributed by atoms with van der Waals surface area (Å²) < 4.78 is 36.1. The number of esters is 1. The lowest BCUT2D eigenvalue weighted by Gasteiger charge is -2.22. The Labute approximate surface area is 203 Å². The highest BCUT2D eigenvalue weighted by Gasteiger charge is 2.21. The first-order valence-electron chi connectivity index (χ1n) is 10.1. The highest BCUT2D eigenvalue weighted by molar-refractivity contribution is 7.92. The molecule has 3 aromatic carbocycles. The molecule has 34 heavy (non-hydrogen) atoms. The minimum Gasteiger partial charge on any atom is -0.489 e. The molecule has 0 aliphatic heterocycles. The molecule has 3 aromatic rings. The predicted molar refractivity (Wildman–Crippen MR) is 131 cm³/mol. The summed E-state index contributed by atoms with van der Waals surface area (Å²) in [6.07, 6.45) is 1.01. The van der Waals surface area contributed by atoms with E-state index >= 15 is 0 Å². The van der Waals surface area contributed by atoms with Gasteiger partial charge in [-0.05, 0) is 48.0 Å². The first-order chi connectivity index (χ1) is 16.2. The summed E-state index contributed by atoms with van der Waals surface area (Å²) in [6.45, 7) is -0.105. The number of hydrogen-bond acceptors (Lipinski definition) is 6. The second-order valence-corrected chi connectivity index (χ2v) is 9.59. The molecule has 0 heterocycles. The van der Waals surface area contributed by atoms with Crippen LogP contribution in [0.25, 0.3) is 0 Å². The van der Waals surface area contributed by atoms with E-state index in [4.69, 9.17) is 16.3 Å². The number of nitrogens with zero attached hydrogens (tertiary/aromatic N) is 1. The SMILES string of the molecule is COC(=O)c1cc(NC(=O)CN(c2ccc(OCc3ccccc3)cc2)S(C)(=O)=O)ccc1Cl. The van der Waals surface area contributed by atoms with Crippen LogP contribution in [0.5, 0.6) is 5.75 Å². The first-order valence-corrected chi connectivity index (χ1v) is 12.3. The van der Waals surface area contributed by atoms with E-state index < -0.39 is 28.4 Å². The molecule has 1 amide bonds. The van der Waals surface area contributed by atoms with Crippen LogP contribution >= 0.6 is 11.6 Å². The second-order valence-electron chi connectivity index (χ2n) is 7.27. The number of carbonyl (C=O) groups excluding carboxylic acids is 2. The van der Waals surface area contributed by atoms with Crippen LogP contribution in [0.1, 0.15) is 15.9 Å². The molecule has 0 aliphatic carbocycles. The number of nitrogens with one attached hydrogen (secondary N) is 1. The number of ether oxygens (including phenoxy) is 2.